The summed E-state index contributed by atoms with van der Waals surface area (Å²) in [6.45, 7) is 7.85. The van der Waals surface area contributed by atoms with Gasteiger partial charge in [0.15, 0.2) is 0 Å². The third kappa shape index (κ3) is 6.53. The molecule has 220 valence electrons. The molecule has 0 saturated heterocycles. The number of fused-ring (bicyclic) bond motifs is 4. The predicted molar refractivity (Wildman–Crippen MR) is 173 cm³/mol. The first kappa shape index (κ1) is 29.5. The van der Waals surface area contributed by atoms with Gasteiger partial charge in [-0.05, 0) is 87.4 Å². The van der Waals surface area contributed by atoms with Gasteiger partial charge in [-0.1, -0.05) is 72.1 Å². The smallest absolute Gasteiger partial charge is 0.490 e. The van der Waals surface area contributed by atoms with Crippen molar-refractivity contribution in [3.8, 4) is 11.5 Å². The van der Waals surface area contributed by atoms with E-state index in [-0.39, 0.29) is 23.7 Å². The molecule has 43 heavy (non-hydrogen) atoms. The SMILES string of the molecule is CC(C)Oc1cccc2c1Sc1ccccc1C=C2OP(=O)(O)OC1=Cc2ccccc2Sc2c(OC(C)C)cccc21. The molecule has 4 aromatic carbocycles. The van der Waals surface area contributed by atoms with Crippen LogP contribution in [0.4, 0.5) is 0 Å². The third-order valence-electron chi connectivity index (χ3n) is 6.48. The maximum Gasteiger partial charge on any atom is 0.584 e. The normalized spacial score (nSPS) is 13.8. The van der Waals surface area contributed by atoms with E-state index >= 15 is 0 Å². The highest BCUT2D eigenvalue weighted by Crippen LogP contribution is 2.56. The van der Waals surface area contributed by atoms with Crippen LogP contribution in [0.15, 0.2) is 105 Å². The Balaban J connectivity index is 1.41. The summed E-state index contributed by atoms with van der Waals surface area (Å²) < 4.78 is 38.0. The Kier molecular flexibility index (Phi) is 8.38. The number of hydrogen-bond acceptors (Lipinski definition) is 7. The highest BCUT2D eigenvalue weighted by atomic mass is 32.2. The van der Waals surface area contributed by atoms with Crippen molar-refractivity contribution in [2.45, 2.75) is 59.5 Å². The van der Waals surface area contributed by atoms with Gasteiger partial charge < -0.3 is 18.5 Å². The monoisotopic (exact) mass is 630 g/mol. The molecular formula is C34H31O6PS2. The summed E-state index contributed by atoms with van der Waals surface area (Å²) >= 11 is 3.06. The van der Waals surface area contributed by atoms with Crippen molar-refractivity contribution in [3.05, 3.63) is 107 Å². The van der Waals surface area contributed by atoms with Gasteiger partial charge in [-0.2, -0.15) is 0 Å². The first-order chi connectivity index (χ1) is 20.7. The van der Waals surface area contributed by atoms with E-state index in [1.54, 1.807) is 12.2 Å². The van der Waals surface area contributed by atoms with Crippen LogP contribution in [0.5, 0.6) is 11.5 Å². The number of phosphoric acid groups is 1. The minimum atomic E-state index is -4.73. The highest BCUT2D eigenvalue weighted by Gasteiger charge is 2.33. The van der Waals surface area contributed by atoms with Crippen LogP contribution in [-0.4, -0.2) is 17.1 Å². The molecule has 0 fully saturated rings. The zero-order valence-electron chi connectivity index (χ0n) is 24.1. The zero-order chi connectivity index (χ0) is 30.1. The number of hydrogen-bond donors (Lipinski definition) is 1. The number of rotatable bonds is 8. The van der Waals surface area contributed by atoms with Crippen LogP contribution in [0.25, 0.3) is 23.7 Å². The summed E-state index contributed by atoms with van der Waals surface area (Å²) in [6.07, 6.45) is 3.43. The van der Waals surface area contributed by atoms with Crippen LogP contribution in [0, 0.1) is 0 Å². The standard InChI is InChI=1S/C34H31O6PS2/c1-21(2)37-27-15-9-13-25-29(19-23-11-5-7-17-31(23)42-33(25)27)39-41(35,36)40-30-20-24-12-6-8-18-32(24)43-34-26(30)14-10-16-28(34)38-22(3)4/h5-22H,1-4H3,(H,35,36). The van der Waals surface area contributed by atoms with Gasteiger partial charge in [-0.15, -0.1) is 0 Å². The largest absolute Gasteiger partial charge is 0.584 e. The van der Waals surface area contributed by atoms with E-state index in [2.05, 4.69) is 0 Å². The van der Waals surface area contributed by atoms with Crippen molar-refractivity contribution in [1.82, 2.24) is 0 Å². The molecule has 0 aliphatic carbocycles. The van der Waals surface area contributed by atoms with Crippen LogP contribution >= 0.6 is 31.3 Å². The molecule has 9 heteroatoms. The fourth-order valence-electron chi connectivity index (χ4n) is 4.79. The lowest BCUT2D eigenvalue weighted by atomic mass is 10.1. The molecule has 0 radical (unpaired) electrons. The second-order valence-electron chi connectivity index (χ2n) is 10.5. The van der Waals surface area contributed by atoms with Crippen molar-refractivity contribution < 1.29 is 28.0 Å². The summed E-state index contributed by atoms with van der Waals surface area (Å²) in [5, 5.41) is 0. The van der Waals surface area contributed by atoms with Crippen molar-refractivity contribution in [1.29, 1.82) is 0 Å². The van der Waals surface area contributed by atoms with Gasteiger partial charge in [-0.25, -0.2) is 4.57 Å². The van der Waals surface area contributed by atoms with E-state index < -0.39 is 7.82 Å². The zero-order valence-corrected chi connectivity index (χ0v) is 26.7. The lowest BCUT2D eigenvalue weighted by molar-refractivity contribution is 0.235. The fourth-order valence-corrected chi connectivity index (χ4v) is 7.84. The van der Waals surface area contributed by atoms with Crippen LogP contribution in [0.3, 0.4) is 0 Å². The first-order valence-corrected chi connectivity index (χ1v) is 17.1. The number of benzene rings is 4. The van der Waals surface area contributed by atoms with E-state index in [0.29, 0.717) is 22.6 Å². The topological polar surface area (TPSA) is 74.2 Å². The Bertz CT molecular complexity index is 1670. The summed E-state index contributed by atoms with van der Waals surface area (Å²) in [5.74, 6) is 1.77. The van der Waals surface area contributed by atoms with Gasteiger partial charge in [0.1, 0.15) is 23.0 Å². The molecule has 2 aliphatic rings. The van der Waals surface area contributed by atoms with Gasteiger partial charge in [0.05, 0.1) is 22.0 Å². The molecule has 6 nitrogen and oxygen atoms in total. The molecule has 2 heterocycles. The highest BCUT2D eigenvalue weighted by molar-refractivity contribution is 8.00. The maximum absolute atomic E-state index is 13.9. The molecular weight excluding hydrogens is 599 g/mol. The van der Waals surface area contributed by atoms with Crippen LogP contribution < -0.4 is 9.47 Å². The van der Waals surface area contributed by atoms with Crippen molar-refractivity contribution in [2.24, 2.45) is 0 Å². The molecule has 1 N–H and O–H groups in total. The Morgan fingerprint density at radius 2 is 1.02 bits per heavy atom. The molecule has 0 saturated carbocycles. The van der Waals surface area contributed by atoms with Gasteiger partial charge in [0.2, 0.25) is 0 Å². The summed E-state index contributed by atoms with van der Waals surface area (Å²) in [7, 11) is -4.73. The van der Waals surface area contributed by atoms with Crippen molar-refractivity contribution >= 4 is 55.0 Å². The Morgan fingerprint density at radius 3 is 1.44 bits per heavy atom. The van der Waals surface area contributed by atoms with E-state index in [1.807, 2.05) is 113 Å². The minimum Gasteiger partial charge on any atom is -0.490 e. The maximum atomic E-state index is 13.9. The average Bonchev–Trinajstić information content (AvgIpc) is 3.21. The lowest BCUT2D eigenvalue weighted by Gasteiger charge is -2.21. The quantitative estimate of drug-likeness (QED) is 0.193. The summed E-state index contributed by atoms with van der Waals surface area (Å²) in [4.78, 5) is 14.9. The van der Waals surface area contributed by atoms with Gasteiger partial charge in [0.25, 0.3) is 0 Å². The van der Waals surface area contributed by atoms with E-state index in [9.17, 15) is 9.46 Å². The lowest BCUT2D eigenvalue weighted by Crippen LogP contribution is -2.07. The first-order valence-electron chi connectivity index (χ1n) is 14.0. The minimum absolute atomic E-state index is 0.0567. The van der Waals surface area contributed by atoms with Crippen molar-refractivity contribution in [2.75, 3.05) is 0 Å². The van der Waals surface area contributed by atoms with Crippen LogP contribution in [-0.2, 0) is 13.6 Å². The molecule has 0 aromatic heterocycles. The molecule has 0 atom stereocenters. The van der Waals surface area contributed by atoms with Gasteiger partial charge >= 0.3 is 7.82 Å². The summed E-state index contributed by atoms with van der Waals surface area (Å²) in [5.41, 5.74) is 2.99. The fraction of sp³-hybridized carbons (Fsp3) is 0.176. The molecule has 4 aromatic rings. The van der Waals surface area contributed by atoms with Gasteiger partial charge in [0, 0.05) is 20.9 Å². The molecule has 0 spiro atoms. The Morgan fingerprint density at radius 1 is 0.605 bits per heavy atom. The Labute approximate surface area is 260 Å². The summed E-state index contributed by atoms with van der Waals surface area (Å²) in [6, 6.07) is 26.9. The van der Waals surface area contributed by atoms with E-state index in [4.69, 9.17) is 18.5 Å². The number of phosphoric ester groups is 1. The van der Waals surface area contributed by atoms with Gasteiger partial charge in [-0.3, -0.25) is 4.89 Å². The molecule has 0 amide bonds. The van der Waals surface area contributed by atoms with Crippen LogP contribution in [0.1, 0.15) is 49.9 Å². The second-order valence-corrected chi connectivity index (χ2v) is 14.0. The average molecular weight is 631 g/mol. The van der Waals surface area contributed by atoms with E-state index in [0.717, 1.165) is 30.7 Å². The molecule has 2 aliphatic heterocycles. The molecule has 0 unspecified atom stereocenters. The predicted octanol–water partition coefficient (Wildman–Crippen LogP) is 10.0. The second kappa shape index (κ2) is 12.2. The molecule has 0 bridgehead atoms. The third-order valence-corrected chi connectivity index (χ3v) is 9.77. The Hall–Kier alpha value is -3.55. The van der Waals surface area contributed by atoms with Crippen molar-refractivity contribution in [3.63, 3.8) is 0 Å². The molecule has 6 rings (SSSR count). The van der Waals surface area contributed by atoms with Crippen LogP contribution in [0.2, 0.25) is 0 Å². The van der Waals surface area contributed by atoms with E-state index in [1.165, 1.54) is 23.5 Å². The number of ether oxygens (including phenoxy) is 2.